The molecule has 1 aromatic carbocycles. The van der Waals surface area contributed by atoms with E-state index in [0.717, 1.165) is 24.9 Å². The van der Waals surface area contributed by atoms with Crippen LogP contribution in [0.3, 0.4) is 0 Å². The summed E-state index contributed by atoms with van der Waals surface area (Å²) in [5.74, 6) is 0.304. The third kappa shape index (κ3) is 2.73. The lowest BCUT2D eigenvalue weighted by Gasteiger charge is -2.10. The first kappa shape index (κ1) is 11.0. The summed E-state index contributed by atoms with van der Waals surface area (Å²) in [4.78, 5) is 11.7. The molecule has 1 fully saturated rings. The monoisotopic (exact) mass is 220 g/mol. The highest BCUT2D eigenvalue weighted by Gasteiger charge is 2.21. The molecule has 1 aliphatic rings. The molecule has 1 aromatic rings. The fourth-order valence-electron chi connectivity index (χ4n) is 1.83. The molecule has 3 N–H and O–H groups in total. The summed E-state index contributed by atoms with van der Waals surface area (Å²) >= 11 is 0. The van der Waals surface area contributed by atoms with Gasteiger partial charge in [0, 0.05) is 6.54 Å². The Balaban J connectivity index is 1.82. The minimum Gasteiger partial charge on any atom is -0.508 e. The van der Waals surface area contributed by atoms with E-state index in [1.165, 1.54) is 0 Å². The predicted molar refractivity (Wildman–Crippen MR) is 61.0 cm³/mol. The summed E-state index contributed by atoms with van der Waals surface area (Å²) in [5.41, 5.74) is 0.990. The average Bonchev–Trinajstić information content (AvgIpc) is 2.81. The number of carbonyl (C=O) groups is 1. The Morgan fingerprint density at radius 2 is 2.19 bits per heavy atom. The van der Waals surface area contributed by atoms with E-state index in [1.54, 1.807) is 24.3 Å². The number of carbonyl (C=O) groups excluding carboxylic acids is 1. The third-order valence-corrected chi connectivity index (χ3v) is 2.78. The van der Waals surface area contributed by atoms with Crippen molar-refractivity contribution in [3.8, 4) is 5.75 Å². The zero-order valence-corrected chi connectivity index (χ0v) is 9.07. The van der Waals surface area contributed by atoms with Crippen LogP contribution in [-0.2, 0) is 11.3 Å². The van der Waals surface area contributed by atoms with Crippen molar-refractivity contribution in [2.45, 2.75) is 25.4 Å². The van der Waals surface area contributed by atoms with Gasteiger partial charge in [0.15, 0.2) is 0 Å². The minimum absolute atomic E-state index is 0.0304. The first-order valence-electron chi connectivity index (χ1n) is 5.55. The Hall–Kier alpha value is -1.55. The molecule has 1 atom stereocenters. The number of aromatic hydroxyl groups is 1. The van der Waals surface area contributed by atoms with Crippen molar-refractivity contribution in [2.24, 2.45) is 0 Å². The molecule has 86 valence electrons. The highest BCUT2D eigenvalue weighted by Crippen LogP contribution is 2.10. The number of amides is 1. The standard InChI is InChI=1S/C12H16N2O2/c15-10-5-3-9(4-6-10)8-14-12(16)11-2-1-7-13-11/h3-6,11,13,15H,1-2,7-8H2,(H,14,16)/t11-/m0/s1. The van der Waals surface area contributed by atoms with Crippen LogP contribution in [-0.4, -0.2) is 23.6 Å². The molecule has 0 spiro atoms. The van der Waals surface area contributed by atoms with Gasteiger partial charge in [-0.15, -0.1) is 0 Å². The molecule has 1 aliphatic heterocycles. The SMILES string of the molecule is O=C(NCc1ccc(O)cc1)[C@@H]1CCCN1. The third-order valence-electron chi connectivity index (χ3n) is 2.78. The molecule has 16 heavy (non-hydrogen) atoms. The van der Waals surface area contributed by atoms with Crippen molar-refractivity contribution in [1.82, 2.24) is 10.6 Å². The second kappa shape index (κ2) is 4.99. The lowest BCUT2D eigenvalue weighted by atomic mass is 10.2. The number of hydrogen-bond acceptors (Lipinski definition) is 3. The van der Waals surface area contributed by atoms with Crippen LogP contribution in [0, 0.1) is 0 Å². The molecule has 0 bridgehead atoms. The van der Waals surface area contributed by atoms with Gasteiger partial charge in [0.05, 0.1) is 6.04 Å². The van der Waals surface area contributed by atoms with Gasteiger partial charge in [0.25, 0.3) is 0 Å². The van der Waals surface area contributed by atoms with Crippen LogP contribution >= 0.6 is 0 Å². The fraction of sp³-hybridized carbons (Fsp3) is 0.417. The van der Waals surface area contributed by atoms with E-state index in [9.17, 15) is 4.79 Å². The van der Waals surface area contributed by atoms with E-state index in [-0.39, 0.29) is 17.7 Å². The van der Waals surface area contributed by atoms with E-state index in [2.05, 4.69) is 10.6 Å². The number of benzene rings is 1. The van der Waals surface area contributed by atoms with Crippen LogP contribution in [0.2, 0.25) is 0 Å². The molecule has 0 aromatic heterocycles. The summed E-state index contributed by atoms with van der Waals surface area (Å²) in [6.45, 7) is 1.44. The van der Waals surface area contributed by atoms with Crippen LogP contribution in [0.15, 0.2) is 24.3 Å². The van der Waals surface area contributed by atoms with Crippen molar-refractivity contribution in [3.63, 3.8) is 0 Å². The number of phenolic OH excluding ortho intramolecular Hbond substituents is 1. The number of rotatable bonds is 3. The zero-order chi connectivity index (χ0) is 11.4. The molecule has 1 amide bonds. The van der Waals surface area contributed by atoms with Gasteiger partial charge >= 0.3 is 0 Å². The summed E-state index contributed by atoms with van der Waals surface area (Å²) < 4.78 is 0. The smallest absolute Gasteiger partial charge is 0.237 e. The van der Waals surface area contributed by atoms with Crippen LogP contribution in [0.25, 0.3) is 0 Å². The van der Waals surface area contributed by atoms with Crippen molar-refractivity contribution < 1.29 is 9.90 Å². The lowest BCUT2D eigenvalue weighted by molar-refractivity contribution is -0.122. The topological polar surface area (TPSA) is 61.4 Å². The Labute approximate surface area is 94.7 Å². The van der Waals surface area contributed by atoms with Gasteiger partial charge in [-0.05, 0) is 37.1 Å². The Bertz CT molecular complexity index is 356. The second-order valence-electron chi connectivity index (χ2n) is 4.03. The van der Waals surface area contributed by atoms with Gasteiger partial charge < -0.3 is 15.7 Å². The number of nitrogens with one attached hydrogen (secondary N) is 2. The van der Waals surface area contributed by atoms with Gasteiger partial charge in [0.2, 0.25) is 5.91 Å². The summed E-state index contributed by atoms with van der Waals surface area (Å²) in [7, 11) is 0. The Morgan fingerprint density at radius 3 is 2.81 bits per heavy atom. The van der Waals surface area contributed by atoms with Gasteiger partial charge in [-0.3, -0.25) is 4.79 Å². The van der Waals surface area contributed by atoms with Crippen LogP contribution in [0.1, 0.15) is 18.4 Å². The van der Waals surface area contributed by atoms with Crippen LogP contribution < -0.4 is 10.6 Å². The van der Waals surface area contributed by atoms with E-state index in [1.807, 2.05) is 0 Å². The average molecular weight is 220 g/mol. The van der Waals surface area contributed by atoms with Gasteiger partial charge in [-0.2, -0.15) is 0 Å². The quantitative estimate of drug-likeness (QED) is 0.704. The number of phenols is 1. The normalized spacial score (nSPS) is 19.6. The van der Waals surface area contributed by atoms with Crippen molar-refractivity contribution in [1.29, 1.82) is 0 Å². The van der Waals surface area contributed by atoms with Crippen molar-refractivity contribution >= 4 is 5.91 Å². The summed E-state index contributed by atoms with van der Waals surface area (Å²) in [6.07, 6.45) is 1.98. The molecule has 1 heterocycles. The van der Waals surface area contributed by atoms with Gasteiger partial charge in [0.1, 0.15) is 5.75 Å². The maximum Gasteiger partial charge on any atom is 0.237 e. The first-order chi connectivity index (χ1) is 7.75. The molecule has 0 aliphatic carbocycles. The maximum absolute atomic E-state index is 11.7. The Kier molecular flexibility index (Phi) is 3.41. The van der Waals surface area contributed by atoms with Crippen LogP contribution in [0.4, 0.5) is 0 Å². The highest BCUT2D eigenvalue weighted by atomic mass is 16.3. The molecule has 4 heteroatoms. The molecule has 0 unspecified atom stereocenters. The van der Waals surface area contributed by atoms with Crippen molar-refractivity contribution in [2.75, 3.05) is 6.54 Å². The predicted octanol–water partition coefficient (Wildman–Crippen LogP) is 0.760. The molecular formula is C12H16N2O2. The second-order valence-corrected chi connectivity index (χ2v) is 4.03. The Morgan fingerprint density at radius 1 is 1.44 bits per heavy atom. The molecular weight excluding hydrogens is 204 g/mol. The van der Waals surface area contributed by atoms with E-state index in [0.29, 0.717) is 6.54 Å². The van der Waals surface area contributed by atoms with E-state index in [4.69, 9.17) is 5.11 Å². The first-order valence-corrected chi connectivity index (χ1v) is 5.55. The van der Waals surface area contributed by atoms with E-state index >= 15 is 0 Å². The minimum atomic E-state index is -0.0304. The van der Waals surface area contributed by atoms with Gasteiger partial charge in [-0.25, -0.2) is 0 Å². The highest BCUT2D eigenvalue weighted by molar-refractivity contribution is 5.81. The molecule has 0 saturated carbocycles. The maximum atomic E-state index is 11.7. The molecule has 0 radical (unpaired) electrons. The van der Waals surface area contributed by atoms with Crippen LogP contribution in [0.5, 0.6) is 5.75 Å². The number of hydrogen-bond donors (Lipinski definition) is 3. The fourth-order valence-corrected chi connectivity index (χ4v) is 1.83. The molecule has 1 saturated heterocycles. The molecule has 2 rings (SSSR count). The van der Waals surface area contributed by atoms with Gasteiger partial charge in [-0.1, -0.05) is 12.1 Å². The lowest BCUT2D eigenvalue weighted by Crippen LogP contribution is -2.39. The molecule has 4 nitrogen and oxygen atoms in total. The summed E-state index contributed by atoms with van der Waals surface area (Å²) in [6, 6.07) is 6.82. The zero-order valence-electron chi connectivity index (χ0n) is 9.07. The van der Waals surface area contributed by atoms with Crippen molar-refractivity contribution in [3.05, 3.63) is 29.8 Å². The van der Waals surface area contributed by atoms with E-state index < -0.39 is 0 Å². The summed E-state index contributed by atoms with van der Waals surface area (Å²) in [5, 5.41) is 15.1. The largest absolute Gasteiger partial charge is 0.508 e.